The van der Waals surface area contributed by atoms with Gasteiger partial charge in [-0.05, 0) is 44.0 Å². The second-order valence-corrected chi connectivity index (χ2v) is 5.55. The maximum Gasteiger partial charge on any atom is 0.189 e. The van der Waals surface area contributed by atoms with Crippen LogP contribution >= 0.6 is 0 Å². The van der Waals surface area contributed by atoms with Crippen molar-refractivity contribution in [2.45, 2.75) is 20.3 Å². The van der Waals surface area contributed by atoms with Gasteiger partial charge < -0.3 is 10.2 Å². The molecule has 0 heterocycles. The Morgan fingerprint density at radius 2 is 1.74 bits per heavy atom. The number of carbonyl (C=O) groups excluding carboxylic acids is 1. The van der Waals surface area contributed by atoms with Crippen LogP contribution < -0.4 is 0 Å². The van der Waals surface area contributed by atoms with Crippen LogP contribution in [0.1, 0.15) is 35.3 Å². The molecule has 0 saturated heterocycles. The van der Waals surface area contributed by atoms with Crippen molar-refractivity contribution in [2.24, 2.45) is 0 Å². The molecule has 0 aromatic heterocycles. The van der Waals surface area contributed by atoms with Crippen LogP contribution in [0.3, 0.4) is 0 Å². The van der Waals surface area contributed by atoms with Crippen molar-refractivity contribution in [1.29, 1.82) is 0 Å². The van der Waals surface area contributed by atoms with Crippen molar-refractivity contribution in [2.75, 3.05) is 0 Å². The lowest BCUT2D eigenvalue weighted by atomic mass is 10.0. The Balaban J connectivity index is 2.29. The molecule has 0 radical (unpaired) electrons. The van der Waals surface area contributed by atoms with E-state index in [0.29, 0.717) is 12.0 Å². The molecule has 0 unspecified atom stereocenters. The first-order chi connectivity index (χ1) is 11.0. The third-order valence-electron chi connectivity index (χ3n) is 3.46. The molecule has 0 aliphatic carbocycles. The topological polar surface area (TPSA) is 57.5 Å². The van der Waals surface area contributed by atoms with Crippen molar-refractivity contribution < 1.29 is 15.0 Å². The number of aromatic hydroxyl groups is 2. The Morgan fingerprint density at radius 1 is 1.04 bits per heavy atom. The van der Waals surface area contributed by atoms with Gasteiger partial charge in [-0.1, -0.05) is 48.1 Å². The van der Waals surface area contributed by atoms with Crippen LogP contribution in [0.2, 0.25) is 0 Å². The molecular formula is C20H20O3. The van der Waals surface area contributed by atoms with Crippen LogP contribution in [0.5, 0.6) is 11.5 Å². The second kappa shape index (κ2) is 7.45. The first-order valence-electron chi connectivity index (χ1n) is 7.43. The number of benzene rings is 2. The SMILES string of the molecule is CC(C)=CCc1c(O)ccc(C(=O)C=Cc2ccccc2)c1O. The number of phenolic OH excluding ortho intramolecular Hbond substituents is 2. The summed E-state index contributed by atoms with van der Waals surface area (Å²) in [6, 6.07) is 12.3. The van der Waals surface area contributed by atoms with Gasteiger partial charge in [-0.15, -0.1) is 0 Å². The van der Waals surface area contributed by atoms with E-state index in [2.05, 4.69) is 0 Å². The highest BCUT2D eigenvalue weighted by Gasteiger charge is 2.15. The van der Waals surface area contributed by atoms with Crippen LogP contribution in [0.4, 0.5) is 0 Å². The lowest BCUT2D eigenvalue weighted by Gasteiger charge is -2.09. The minimum Gasteiger partial charge on any atom is -0.508 e. The summed E-state index contributed by atoms with van der Waals surface area (Å²) in [4.78, 5) is 12.3. The number of rotatable bonds is 5. The monoisotopic (exact) mass is 308 g/mol. The Bertz CT molecular complexity index is 752. The molecule has 0 aliphatic heterocycles. The third kappa shape index (κ3) is 4.33. The lowest BCUT2D eigenvalue weighted by molar-refractivity contribution is 0.104. The molecular weight excluding hydrogens is 288 g/mol. The summed E-state index contributed by atoms with van der Waals surface area (Å²) in [5.74, 6) is -0.474. The minimum atomic E-state index is -0.301. The number of phenols is 2. The van der Waals surface area contributed by atoms with Gasteiger partial charge in [0.1, 0.15) is 11.5 Å². The van der Waals surface area contributed by atoms with Crippen LogP contribution in [-0.2, 0) is 6.42 Å². The summed E-state index contributed by atoms with van der Waals surface area (Å²) in [6.07, 6.45) is 5.39. The summed E-state index contributed by atoms with van der Waals surface area (Å²) < 4.78 is 0. The van der Waals surface area contributed by atoms with Gasteiger partial charge in [-0.25, -0.2) is 0 Å². The van der Waals surface area contributed by atoms with E-state index < -0.39 is 0 Å². The van der Waals surface area contributed by atoms with Crippen molar-refractivity contribution in [3.63, 3.8) is 0 Å². The molecule has 0 amide bonds. The normalized spacial score (nSPS) is 10.7. The lowest BCUT2D eigenvalue weighted by Crippen LogP contribution is -1.98. The van der Waals surface area contributed by atoms with Gasteiger partial charge in [0.2, 0.25) is 0 Å². The summed E-state index contributed by atoms with van der Waals surface area (Å²) in [5, 5.41) is 20.2. The molecule has 2 N–H and O–H groups in total. The molecule has 23 heavy (non-hydrogen) atoms. The first kappa shape index (κ1) is 16.6. The summed E-state index contributed by atoms with van der Waals surface area (Å²) in [5.41, 5.74) is 2.53. The van der Waals surface area contributed by atoms with Crippen LogP contribution in [0.15, 0.2) is 60.2 Å². The molecule has 118 valence electrons. The fourth-order valence-electron chi connectivity index (χ4n) is 2.16. The van der Waals surface area contributed by atoms with E-state index in [4.69, 9.17) is 0 Å². The largest absolute Gasteiger partial charge is 0.508 e. The zero-order valence-electron chi connectivity index (χ0n) is 13.3. The molecule has 0 spiro atoms. The van der Waals surface area contributed by atoms with Gasteiger partial charge in [0, 0.05) is 5.56 Å². The van der Waals surface area contributed by atoms with E-state index in [-0.39, 0.29) is 22.8 Å². The van der Waals surface area contributed by atoms with Crippen LogP contribution in [-0.4, -0.2) is 16.0 Å². The summed E-state index contributed by atoms with van der Waals surface area (Å²) in [7, 11) is 0. The molecule has 3 heteroatoms. The minimum absolute atomic E-state index is 0.0106. The van der Waals surface area contributed by atoms with E-state index in [9.17, 15) is 15.0 Å². The van der Waals surface area contributed by atoms with Gasteiger partial charge in [0.25, 0.3) is 0 Å². The maximum atomic E-state index is 12.3. The molecule has 3 nitrogen and oxygen atoms in total. The summed E-state index contributed by atoms with van der Waals surface area (Å²) in [6.45, 7) is 3.87. The summed E-state index contributed by atoms with van der Waals surface area (Å²) >= 11 is 0. The number of hydrogen-bond acceptors (Lipinski definition) is 3. The average molecular weight is 308 g/mol. The van der Waals surface area contributed by atoms with E-state index in [0.717, 1.165) is 11.1 Å². The smallest absolute Gasteiger partial charge is 0.189 e. The van der Waals surface area contributed by atoms with Gasteiger partial charge in [-0.3, -0.25) is 4.79 Å². The van der Waals surface area contributed by atoms with E-state index in [1.807, 2.05) is 50.3 Å². The molecule has 0 saturated carbocycles. The van der Waals surface area contributed by atoms with Gasteiger partial charge in [-0.2, -0.15) is 0 Å². The predicted molar refractivity (Wildman–Crippen MR) is 92.7 cm³/mol. The standard InChI is InChI=1S/C20H20O3/c1-14(2)8-10-16-19(22)13-11-17(20(16)23)18(21)12-9-15-6-4-3-5-7-15/h3-9,11-13,22-23H,10H2,1-2H3. The Labute approximate surface area is 136 Å². The van der Waals surface area contributed by atoms with E-state index in [1.165, 1.54) is 18.2 Å². The maximum absolute atomic E-state index is 12.3. The molecule has 0 bridgehead atoms. The van der Waals surface area contributed by atoms with Crippen LogP contribution in [0, 0.1) is 0 Å². The third-order valence-corrected chi connectivity index (χ3v) is 3.46. The molecule has 2 aromatic carbocycles. The van der Waals surface area contributed by atoms with Crippen molar-refractivity contribution in [3.8, 4) is 11.5 Å². The highest BCUT2D eigenvalue weighted by atomic mass is 16.3. The molecule has 0 aliphatic rings. The van der Waals surface area contributed by atoms with Gasteiger partial charge >= 0.3 is 0 Å². The second-order valence-electron chi connectivity index (χ2n) is 5.55. The zero-order valence-corrected chi connectivity index (χ0v) is 13.3. The first-order valence-corrected chi connectivity index (χ1v) is 7.43. The Morgan fingerprint density at radius 3 is 2.39 bits per heavy atom. The number of carbonyl (C=O) groups is 1. The van der Waals surface area contributed by atoms with Gasteiger partial charge in [0.05, 0.1) is 5.56 Å². The Hall–Kier alpha value is -2.81. The molecule has 2 aromatic rings. The van der Waals surface area contributed by atoms with Crippen LogP contribution in [0.25, 0.3) is 6.08 Å². The zero-order chi connectivity index (χ0) is 16.8. The van der Waals surface area contributed by atoms with E-state index >= 15 is 0 Å². The van der Waals surface area contributed by atoms with Crippen molar-refractivity contribution in [1.82, 2.24) is 0 Å². The fraction of sp³-hybridized carbons (Fsp3) is 0.150. The molecule has 2 rings (SSSR count). The predicted octanol–water partition coefficient (Wildman–Crippen LogP) is 4.50. The number of ketones is 1. The Kier molecular flexibility index (Phi) is 5.36. The highest BCUT2D eigenvalue weighted by molar-refractivity contribution is 6.09. The molecule has 0 atom stereocenters. The van der Waals surface area contributed by atoms with Gasteiger partial charge in [0.15, 0.2) is 5.78 Å². The van der Waals surface area contributed by atoms with E-state index in [1.54, 1.807) is 6.08 Å². The average Bonchev–Trinajstić information content (AvgIpc) is 2.53. The number of hydrogen-bond donors (Lipinski definition) is 2. The molecule has 0 fully saturated rings. The van der Waals surface area contributed by atoms with Crippen molar-refractivity contribution >= 4 is 11.9 Å². The highest BCUT2D eigenvalue weighted by Crippen LogP contribution is 2.32. The number of allylic oxidation sites excluding steroid dienone is 3. The quantitative estimate of drug-likeness (QED) is 0.485. The van der Waals surface area contributed by atoms with Crippen molar-refractivity contribution in [3.05, 3.63) is 76.9 Å². The fourth-order valence-corrected chi connectivity index (χ4v) is 2.16.